The van der Waals surface area contributed by atoms with Gasteiger partial charge in [-0.15, -0.1) is 0 Å². The normalized spacial score (nSPS) is 10.3. The van der Waals surface area contributed by atoms with Gasteiger partial charge in [0.25, 0.3) is 5.91 Å². The highest BCUT2D eigenvalue weighted by atomic mass is 35.5. The van der Waals surface area contributed by atoms with Crippen LogP contribution >= 0.6 is 23.2 Å². The van der Waals surface area contributed by atoms with Crippen LogP contribution in [0.5, 0.6) is 0 Å². The van der Waals surface area contributed by atoms with Crippen LogP contribution in [-0.4, -0.2) is 15.9 Å². The summed E-state index contributed by atoms with van der Waals surface area (Å²) in [7, 11) is 0. The maximum Gasteiger partial charge on any atom is 0.270 e. The molecule has 0 aliphatic heterocycles. The van der Waals surface area contributed by atoms with E-state index in [1.54, 1.807) is 24.3 Å². The average molecular weight is 373 g/mol. The van der Waals surface area contributed by atoms with Crippen molar-refractivity contribution in [2.45, 2.75) is 6.54 Å². The van der Waals surface area contributed by atoms with Crippen molar-refractivity contribution in [2.75, 3.05) is 5.32 Å². The molecule has 1 heterocycles. The number of hydrogen-bond donors (Lipinski definition) is 2. The zero-order chi connectivity index (χ0) is 17.6. The van der Waals surface area contributed by atoms with Gasteiger partial charge in [-0.05, 0) is 17.7 Å². The molecule has 1 amide bonds. The third-order valence-electron chi connectivity index (χ3n) is 3.41. The number of nitrogens with zero attached hydrogens (tertiary/aromatic N) is 2. The zero-order valence-electron chi connectivity index (χ0n) is 13.0. The van der Waals surface area contributed by atoms with E-state index in [4.69, 9.17) is 23.2 Å². The Balaban J connectivity index is 1.70. The van der Waals surface area contributed by atoms with Crippen LogP contribution in [0.3, 0.4) is 0 Å². The lowest BCUT2D eigenvalue weighted by molar-refractivity contribution is 0.0946. The van der Waals surface area contributed by atoms with E-state index in [-0.39, 0.29) is 11.6 Å². The fourth-order valence-corrected chi connectivity index (χ4v) is 2.50. The molecule has 3 rings (SSSR count). The summed E-state index contributed by atoms with van der Waals surface area (Å²) in [6.45, 7) is 0.423. The third-order valence-corrected chi connectivity index (χ3v) is 4.23. The van der Waals surface area contributed by atoms with E-state index in [1.807, 2.05) is 30.3 Å². The largest absolute Gasteiger partial charge is 0.347 e. The first-order chi connectivity index (χ1) is 12.1. The second kappa shape index (κ2) is 7.96. The van der Waals surface area contributed by atoms with Crippen LogP contribution in [0.2, 0.25) is 10.0 Å². The molecule has 2 N–H and O–H groups in total. The van der Waals surface area contributed by atoms with Crippen molar-refractivity contribution >= 4 is 40.6 Å². The van der Waals surface area contributed by atoms with Gasteiger partial charge >= 0.3 is 0 Å². The van der Waals surface area contributed by atoms with E-state index < -0.39 is 0 Å². The quantitative estimate of drug-likeness (QED) is 0.693. The van der Waals surface area contributed by atoms with Gasteiger partial charge in [0.05, 0.1) is 15.7 Å². The van der Waals surface area contributed by atoms with Crippen LogP contribution in [0, 0.1) is 0 Å². The number of rotatable bonds is 5. The van der Waals surface area contributed by atoms with Crippen molar-refractivity contribution in [3.8, 4) is 0 Å². The Morgan fingerprint density at radius 3 is 2.60 bits per heavy atom. The molecule has 0 spiro atoms. The van der Waals surface area contributed by atoms with Gasteiger partial charge < -0.3 is 10.6 Å². The highest BCUT2D eigenvalue weighted by Gasteiger charge is 2.10. The highest BCUT2D eigenvalue weighted by Crippen LogP contribution is 2.31. The van der Waals surface area contributed by atoms with Gasteiger partial charge in [0, 0.05) is 12.6 Å². The Morgan fingerprint density at radius 1 is 1.00 bits per heavy atom. The van der Waals surface area contributed by atoms with Crippen molar-refractivity contribution in [3.63, 3.8) is 0 Å². The predicted molar refractivity (Wildman–Crippen MR) is 99.4 cm³/mol. The van der Waals surface area contributed by atoms with E-state index in [0.717, 1.165) is 5.56 Å². The number of aromatic nitrogens is 2. The summed E-state index contributed by atoms with van der Waals surface area (Å²) in [4.78, 5) is 20.4. The number of nitrogens with one attached hydrogen (secondary N) is 2. The Kier molecular flexibility index (Phi) is 5.48. The summed E-state index contributed by atoms with van der Waals surface area (Å²) in [6, 6.07) is 16.4. The van der Waals surface area contributed by atoms with E-state index in [0.29, 0.717) is 28.1 Å². The molecule has 25 heavy (non-hydrogen) atoms. The van der Waals surface area contributed by atoms with Gasteiger partial charge in [0.1, 0.15) is 17.8 Å². The van der Waals surface area contributed by atoms with Crippen LogP contribution in [0.1, 0.15) is 16.1 Å². The summed E-state index contributed by atoms with van der Waals surface area (Å²) in [5, 5.41) is 6.68. The number of anilines is 2. The summed E-state index contributed by atoms with van der Waals surface area (Å²) in [5.74, 6) is 0.163. The van der Waals surface area contributed by atoms with Gasteiger partial charge in [-0.25, -0.2) is 9.97 Å². The summed E-state index contributed by atoms with van der Waals surface area (Å²) in [6.07, 6.45) is 1.32. The molecule has 0 fully saturated rings. The Morgan fingerprint density at radius 2 is 1.80 bits per heavy atom. The molecule has 126 valence electrons. The van der Waals surface area contributed by atoms with Crippen molar-refractivity contribution in [1.29, 1.82) is 0 Å². The number of hydrogen-bond acceptors (Lipinski definition) is 4. The van der Waals surface area contributed by atoms with Crippen molar-refractivity contribution in [1.82, 2.24) is 15.3 Å². The fourth-order valence-electron chi connectivity index (χ4n) is 2.16. The molecule has 0 atom stereocenters. The van der Waals surface area contributed by atoms with Crippen LogP contribution < -0.4 is 10.6 Å². The van der Waals surface area contributed by atoms with Gasteiger partial charge in [-0.2, -0.15) is 0 Å². The number of carbonyl (C=O) groups excluding carboxylic acids is 1. The predicted octanol–water partition coefficient (Wildman–Crippen LogP) is 4.46. The molecular formula is C18H14Cl2N4O. The zero-order valence-corrected chi connectivity index (χ0v) is 14.6. The number of halogens is 2. The molecule has 7 heteroatoms. The van der Waals surface area contributed by atoms with E-state index in [2.05, 4.69) is 20.6 Å². The fraction of sp³-hybridized carbons (Fsp3) is 0.0556. The lowest BCUT2D eigenvalue weighted by Gasteiger charge is -2.09. The molecular weight excluding hydrogens is 359 g/mol. The molecule has 3 aromatic rings. The van der Waals surface area contributed by atoms with Crippen molar-refractivity contribution in [2.24, 2.45) is 0 Å². The Hall–Kier alpha value is -2.63. The molecule has 0 aliphatic carbocycles. The first kappa shape index (κ1) is 17.2. The second-order valence-corrected chi connectivity index (χ2v) is 5.97. The minimum Gasteiger partial charge on any atom is -0.347 e. The van der Waals surface area contributed by atoms with Gasteiger partial charge in [-0.3, -0.25) is 4.79 Å². The molecule has 1 aromatic heterocycles. The lowest BCUT2D eigenvalue weighted by atomic mass is 10.2. The maximum atomic E-state index is 12.3. The summed E-state index contributed by atoms with van der Waals surface area (Å²) in [5.41, 5.74) is 1.86. The summed E-state index contributed by atoms with van der Waals surface area (Å²) < 4.78 is 0. The first-order valence-corrected chi connectivity index (χ1v) is 8.24. The maximum absolute atomic E-state index is 12.3. The Bertz CT molecular complexity index is 887. The van der Waals surface area contributed by atoms with Gasteiger partial charge in [-0.1, -0.05) is 59.6 Å². The van der Waals surface area contributed by atoms with Gasteiger partial charge in [0.2, 0.25) is 0 Å². The summed E-state index contributed by atoms with van der Waals surface area (Å²) >= 11 is 12.1. The van der Waals surface area contributed by atoms with E-state index >= 15 is 0 Å². The van der Waals surface area contributed by atoms with Crippen LogP contribution in [0.15, 0.2) is 60.9 Å². The van der Waals surface area contributed by atoms with Crippen molar-refractivity contribution < 1.29 is 4.79 Å². The standard InChI is InChI=1S/C18H14Cl2N4O/c19-13-7-4-8-14(17(13)20)24-16-9-15(22-11-23-16)18(25)21-10-12-5-2-1-3-6-12/h1-9,11H,10H2,(H,21,25)(H,22,23,24). The van der Waals surface area contributed by atoms with E-state index in [1.165, 1.54) is 6.33 Å². The molecule has 0 aliphatic rings. The Labute approximate surface area is 155 Å². The van der Waals surface area contributed by atoms with Crippen LogP contribution in [0.4, 0.5) is 11.5 Å². The van der Waals surface area contributed by atoms with Crippen LogP contribution in [0.25, 0.3) is 0 Å². The topological polar surface area (TPSA) is 66.9 Å². The average Bonchev–Trinajstić information content (AvgIpc) is 2.64. The van der Waals surface area contributed by atoms with Crippen LogP contribution in [-0.2, 0) is 6.54 Å². The monoisotopic (exact) mass is 372 g/mol. The SMILES string of the molecule is O=C(NCc1ccccc1)c1cc(Nc2cccc(Cl)c2Cl)ncn1. The molecule has 0 bridgehead atoms. The third kappa shape index (κ3) is 4.47. The first-order valence-electron chi connectivity index (χ1n) is 7.48. The smallest absolute Gasteiger partial charge is 0.270 e. The minimum atomic E-state index is -0.286. The number of amides is 1. The molecule has 0 saturated carbocycles. The lowest BCUT2D eigenvalue weighted by Crippen LogP contribution is -2.24. The molecule has 0 saturated heterocycles. The minimum absolute atomic E-state index is 0.256. The highest BCUT2D eigenvalue weighted by molar-refractivity contribution is 6.43. The van der Waals surface area contributed by atoms with Gasteiger partial charge in [0.15, 0.2) is 0 Å². The van der Waals surface area contributed by atoms with Crippen molar-refractivity contribution in [3.05, 3.63) is 82.2 Å². The number of benzene rings is 2. The molecule has 2 aromatic carbocycles. The number of carbonyl (C=O) groups is 1. The molecule has 5 nitrogen and oxygen atoms in total. The molecule has 0 unspecified atom stereocenters. The van der Waals surface area contributed by atoms with E-state index in [9.17, 15) is 4.79 Å². The molecule has 0 radical (unpaired) electrons. The second-order valence-electron chi connectivity index (χ2n) is 5.18.